The van der Waals surface area contributed by atoms with Crippen LogP contribution in [0.3, 0.4) is 0 Å². The van der Waals surface area contributed by atoms with Gasteiger partial charge in [-0.2, -0.15) is 0 Å². The molecule has 0 unspecified atom stereocenters. The van der Waals surface area contributed by atoms with E-state index in [0.29, 0.717) is 10.6 Å². The second kappa shape index (κ2) is 6.54. The summed E-state index contributed by atoms with van der Waals surface area (Å²) in [7, 11) is 1.41. The number of nitrogens with one attached hydrogen (secondary N) is 1. The van der Waals surface area contributed by atoms with Crippen LogP contribution in [-0.2, 0) is 0 Å². The molecule has 21 heavy (non-hydrogen) atoms. The highest BCUT2D eigenvalue weighted by Gasteiger charge is 2.19. The summed E-state index contributed by atoms with van der Waals surface area (Å²) < 4.78 is 6.47. The van der Waals surface area contributed by atoms with Gasteiger partial charge in [-0.25, -0.2) is 0 Å². The number of benzene rings is 1. The van der Waals surface area contributed by atoms with Crippen LogP contribution in [0.2, 0.25) is 0 Å². The minimum atomic E-state index is -0.571. The molecule has 2 aromatic rings. The predicted octanol–water partition coefficient (Wildman–Crippen LogP) is 4.44. The van der Waals surface area contributed by atoms with Gasteiger partial charge in [0.15, 0.2) is 0 Å². The van der Waals surface area contributed by atoms with Gasteiger partial charge in [-0.15, -0.1) is 11.3 Å². The van der Waals surface area contributed by atoms with Crippen LogP contribution in [0.15, 0.2) is 32.5 Å². The molecule has 0 radical (unpaired) electrons. The number of ether oxygens (including phenoxy) is 1. The lowest BCUT2D eigenvalue weighted by molar-refractivity contribution is -0.384. The number of amides is 1. The van der Waals surface area contributed by atoms with Crippen LogP contribution in [0.4, 0.5) is 11.4 Å². The summed E-state index contributed by atoms with van der Waals surface area (Å²) in [4.78, 5) is 23.0. The number of rotatable bonds is 4. The average Bonchev–Trinajstić information content (AvgIpc) is 2.79. The van der Waals surface area contributed by atoms with Crippen molar-refractivity contribution in [3.05, 3.63) is 47.5 Å². The van der Waals surface area contributed by atoms with Crippen molar-refractivity contribution in [1.29, 1.82) is 0 Å². The van der Waals surface area contributed by atoms with Gasteiger partial charge in [0.1, 0.15) is 11.4 Å². The summed E-state index contributed by atoms with van der Waals surface area (Å²) in [6.45, 7) is 0. The first-order valence-corrected chi connectivity index (χ1v) is 7.91. The molecule has 110 valence electrons. The first-order chi connectivity index (χ1) is 9.92. The Morgan fingerprint density at radius 2 is 2.10 bits per heavy atom. The number of carbonyl (C=O) groups excluding carboxylic acids is 1. The molecule has 0 bridgehead atoms. The molecular weight excluding hydrogens is 428 g/mol. The summed E-state index contributed by atoms with van der Waals surface area (Å²) in [6, 6.07) is 5.88. The normalized spacial score (nSPS) is 10.2. The van der Waals surface area contributed by atoms with Crippen molar-refractivity contribution in [1.82, 2.24) is 0 Å². The molecule has 6 nitrogen and oxygen atoms in total. The van der Waals surface area contributed by atoms with Crippen LogP contribution >= 0.6 is 43.2 Å². The molecule has 1 aromatic carbocycles. The fourth-order valence-corrected chi connectivity index (χ4v) is 3.47. The molecule has 1 amide bonds. The molecule has 0 aliphatic heterocycles. The summed E-state index contributed by atoms with van der Waals surface area (Å²) in [5.41, 5.74) is -0.108. The third kappa shape index (κ3) is 3.60. The van der Waals surface area contributed by atoms with Gasteiger partial charge in [0, 0.05) is 4.47 Å². The van der Waals surface area contributed by atoms with Crippen molar-refractivity contribution in [2.24, 2.45) is 0 Å². The predicted molar refractivity (Wildman–Crippen MR) is 87.3 cm³/mol. The smallest absolute Gasteiger partial charge is 0.296 e. The Kier molecular flexibility index (Phi) is 4.96. The zero-order chi connectivity index (χ0) is 15.6. The van der Waals surface area contributed by atoms with Crippen LogP contribution in [0, 0.1) is 10.1 Å². The Labute approximate surface area is 140 Å². The molecule has 0 aliphatic rings. The monoisotopic (exact) mass is 434 g/mol. The number of nitrogens with zero attached hydrogens (tertiary/aromatic N) is 1. The van der Waals surface area contributed by atoms with E-state index in [0.717, 1.165) is 8.26 Å². The van der Waals surface area contributed by atoms with Crippen molar-refractivity contribution in [2.45, 2.75) is 0 Å². The number of methoxy groups -OCH3 is 1. The topological polar surface area (TPSA) is 81.5 Å². The molecule has 0 atom stereocenters. The maximum atomic E-state index is 12.1. The summed E-state index contributed by atoms with van der Waals surface area (Å²) in [5, 5.41) is 13.6. The second-order valence-corrected chi connectivity index (χ2v) is 7.05. The van der Waals surface area contributed by atoms with Crippen LogP contribution < -0.4 is 10.1 Å². The largest absolute Gasteiger partial charge is 0.496 e. The molecule has 1 heterocycles. The van der Waals surface area contributed by atoms with E-state index in [9.17, 15) is 14.9 Å². The quantitative estimate of drug-likeness (QED) is 0.568. The lowest BCUT2D eigenvalue weighted by Crippen LogP contribution is -2.11. The molecule has 0 fully saturated rings. The molecule has 0 aliphatic carbocycles. The van der Waals surface area contributed by atoms with Crippen LogP contribution in [0.1, 0.15) is 9.67 Å². The van der Waals surface area contributed by atoms with E-state index in [2.05, 4.69) is 37.2 Å². The fourth-order valence-electron chi connectivity index (χ4n) is 1.54. The van der Waals surface area contributed by atoms with Crippen LogP contribution in [0.25, 0.3) is 0 Å². The standard InChI is InChI=1S/C12H8Br2N2O4S/c1-20-6-2-3-8(9(4-6)16(18)19)15-12(17)10-5-7(13)11(14)21-10/h2-5H,1H3,(H,15,17). The maximum absolute atomic E-state index is 12.1. The number of hydrogen-bond donors (Lipinski definition) is 1. The number of thiophene rings is 1. The van der Waals surface area contributed by atoms with E-state index >= 15 is 0 Å². The highest BCUT2D eigenvalue weighted by Crippen LogP contribution is 2.34. The number of nitro benzene ring substituents is 1. The van der Waals surface area contributed by atoms with E-state index in [1.807, 2.05) is 0 Å². The fraction of sp³-hybridized carbons (Fsp3) is 0.0833. The molecular formula is C12H8Br2N2O4S. The van der Waals surface area contributed by atoms with Crippen molar-refractivity contribution >= 4 is 60.5 Å². The Bertz CT molecular complexity index is 698. The van der Waals surface area contributed by atoms with Gasteiger partial charge in [0.25, 0.3) is 11.6 Å². The first-order valence-electron chi connectivity index (χ1n) is 5.51. The van der Waals surface area contributed by atoms with E-state index in [1.165, 1.54) is 30.6 Å². The van der Waals surface area contributed by atoms with Crippen molar-refractivity contribution in [3.63, 3.8) is 0 Å². The van der Waals surface area contributed by atoms with Crippen molar-refractivity contribution in [2.75, 3.05) is 12.4 Å². The van der Waals surface area contributed by atoms with Gasteiger partial charge in [-0.3, -0.25) is 14.9 Å². The average molecular weight is 436 g/mol. The van der Waals surface area contributed by atoms with Gasteiger partial charge < -0.3 is 10.1 Å². The van der Waals surface area contributed by atoms with Gasteiger partial charge >= 0.3 is 0 Å². The third-order valence-corrected chi connectivity index (χ3v) is 5.77. The number of halogens is 2. The number of nitro groups is 1. The number of carbonyl (C=O) groups is 1. The second-order valence-electron chi connectivity index (χ2n) is 3.83. The lowest BCUT2D eigenvalue weighted by Gasteiger charge is -2.06. The highest BCUT2D eigenvalue weighted by molar-refractivity contribution is 9.13. The Morgan fingerprint density at radius 1 is 1.38 bits per heavy atom. The van der Waals surface area contributed by atoms with Gasteiger partial charge in [0.05, 0.1) is 26.8 Å². The van der Waals surface area contributed by atoms with Crippen molar-refractivity contribution in [3.8, 4) is 5.75 Å². The zero-order valence-electron chi connectivity index (χ0n) is 10.6. The third-order valence-electron chi connectivity index (χ3n) is 2.52. The highest BCUT2D eigenvalue weighted by atomic mass is 79.9. The Balaban J connectivity index is 2.30. The Hall–Kier alpha value is -1.45. The summed E-state index contributed by atoms with van der Waals surface area (Å²) in [6.07, 6.45) is 0. The van der Waals surface area contributed by atoms with E-state index in [-0.39, 0.29) is 11.4 Å². The van der Waals surface area contributed by atoms with Gasteiger partial charge in [-0.05, 0) is 50.1 Å². The first kappa shape index (κ1) is 15.9. The zero-order valence-corrected chi connectivity index (χ0v) is 14.5. The molecule has 0 saturated heterocycles. The molecule has 1 aromatic heterocycles. The molecule has 1 N–H and O–H groups in total. The van der Waals surface area contributed by atoms with E-state index in [1.54, 1.807) is 12.1 Å². The minimum absolute atomic E-state index is 0.117. The summed E-state index contributed by atoms with van der Waals surface area (Å²) in [5.74, 6) is -0.0685. The summed E-state index contributed by atoms with van der Waals surface area (Å²) >= 11 is 7.81. The molecule has 9 heteroatoms. The van der Waals surface area contributed by atoms with Crippen LogP contribution in [-0.4, -0.2) is 17.9 Å². The van der Waals surface area contributed by atoms with Crippen LogP contribution in [0.5, 0.6) is 5.75 Å². The van der Waals surface area contributed by atoms with Crippen molar-refractivity contribution < 1.29 is 14.5 Å². The maximum Gasteiger partial charge on any atom is 0.296 e. The molecule has 0 spiro atoms. The number of hydrogen-bond acceptors (Lipinski definition) is 5. The Morgan fingerprint density at radius 3 is 2.62 bits per heavy atom. The molecule has 2 rings (SSSR count). The van der Waals surface area contributed by atoms with E-state index in [4.69, 9.17) is 4.74 Å². The lowest BCUT2D eigenvalue weighted by atomic mass is 10.2. The minimum Gasteiger partial charge on any atom is -0.496 e. The van der Waals surface area contributed by atoms with E-state index < -0.39 is 10.8 Å². The SMILES string of the molecule is COc1ccc(NC(=O)c2cc(Br)c(Br)s2)c([N+](=O)[O-])c1. The number of anilines is 1. The van der Waals surface area contributed by atoms with Gasteiger partial charge in [0.2, 0.25) is 0 Å². The molecule has 0 saturated carbocycles. The van der Waals surface area contributed by atoms with Gasteiger partial charge in [-0.1, -0.05) is 0 Å².